The Labute approximate surface area is 229 Å². The Balaban J connectivity index is 1.22. The van der Waals surface area contributed by atoms with Gasteiger partial charge in [0.05, 0.1) is 18.1 Å². The third-order valence-electron chi connectivity index (χ3n) is 6.75. The summed E-state index contributed by atoms with van der Waals surface area (Å²) < 4.78 is 38.6. The molecule has 1 amide bonds. The second-order valence-electron chi connectivity index (χ2n) is 9.61. The summed E-state index contributed by atoms with van der Waals surface area (Å²) in [5.41, 5.74) is 5.89. The molecule has 9 nitrogen and oxygen atoms in total. The predicted octanol–water partition coefficient (Wildman–Crippen LogP) is 3.81. The van der Waals surface area contributed by atoms with E-state index in [4.69, 9.17) is 14.3 Å². The Bertz CT molecular complexity index is 1390. The maximum Gasteiger partial charge on any atom is 0.267 e. The molecule has 1 atom stereocenters. The van der Waals surface area contributed by atoms with Crippen molar-refractivity contribution in [2.75, 3.05) is 32.9 Å². The van der Waals surface area contributed by atoms with Crippen LogP contribution in [0.1, 0.15) is 30.4 Å². The van der Waals surface area contributed by atoms with Gasteiger partial charge in [0, 0.05) is 51.1 Å². The second-order valence-corrected chi connectivity index (χ2v) is 11.4. The van der Waals surface area contributed by atoms with E-state index in [-0.39, 0.29) is 4.90 Å². The fourth-order valence-corrected chi connectivity index (χ4v) is 5.80. The smallest absolute Gasteiger partial charge is 0.267 e. The van der Waals surface area contributed by atoms with E-state index in [0.29, 0.717) is 12.2 Å². The minimum atomic E-state index is -3.82. The first-order chi connectivity index (χ1) is 19.0. The number of nitrogens with zero attached hydrogens (tertiary/aromatic N) is 2. The molecule has 2 aliphatic heterocycles. The van der Waals surface area contributed by atoms with Gasteiger partial charge < -0.3 is 9.47 Å². The molecular formula is C29H33N3O6S. The lowest BCUT2D eigenvalue weighted by Crippen LogP contribution is -2.35. The van der Waals surface area contributed by atoms with Crippen LogP contribution in [0.5, 0.6) is 0 Å². The van der Waals surface area contributed by atoms with E-state index in [0.717, 1.165) is 67.2 Å². The monoisotopic (exact) mass is 551 g/mol. The van der Waals surface area contributed by atoms with Crippen LogP contribution in [0.4, 0.5) is 0 Å². The van der Waals surface area contributed by atoms with Crippen LogP contribution in [-0.2, 0) is 35.7 Å². The van der Waals surface area contributed by atoms with Gasteiger partial charge in [-0.05, 0) is 59.4 Å². The average Bonchev–Trinajstić information content (AvgIpc) is 3.47. The molecule has 2 aromatic carbocycles. The maximum atomic E-state index is 13.3. The molecule has 206 valence electrons. The standard InChI is InChI=1S/C29H33N3O6S/c33-28(30-38-29-6-1-2-17-37-29)12-9-24-13-14-32(22-24)39(34,35)27-5-3-4-26(20-27)25-10-7-23(8-11-25)21-31-15-18-36-19-16-31/h3-5,7-14,20,22,29H,1-2,6,15-19,21H2,(H,30,33). The van der Waals surface area contributed by atoms with Crippen molar-refractivity contribution in [1.29, 1.82) is 0 Å². The SMILES string of the molecule is O=C(C=Cc1ccn(S(=O)(=O)c2cccc(-c3ccc(CN4CCOCC4)cc3)c2)c1)NOC1CCCCO1. The molecule has 1 unspecified atom stereocenters. The summed E-state index contributed by atoms with van der Waals surface area (Å²) >= 11 is 0. The Kier molecular flexibility index (Phi) is 8.90. The van der Waals surface area contributed by atoms with Gasteiger partial charge in [0.25, 0.3) is 15.9 Å². The van der Waals surface area contributed by atoms with E-state index < -0.39 is 22.2 Å². The molecule has 2 aliphatic rings. The number of benzene rings is 2. The fourth-order valence-electron chi connectivity index (χ4n) is 4.55. The first kappa shape index (κ1) is 27.3. The highest BCUT2D eigenvalue weighted by Gasteiger charge is 2.18. The third kappa shape index (κ3) is 7.23. The molecule has 1 aromatic heterocycles. The molecule has 0 aliphatic carbocycles. The van der Waals surface area contributed by atoms with Crippen molar-refractivity contribution < 1.29 is 27.5 Å². The van der Waals surface area contributed by atoms with Crippen molar-refractivity contribution in [3.05, 3.63) is 84.2 Å². The first-order valence-electron chi connectivity index (χ1n) is 13.2. The molecule has 0 radical (unpaired) electrons. The molecule has 0 spiro atoms. The van der Waals surface area contributed by atoms with Gasteiger partial charge in [0.1, 0.15) is 0 Å². The number of amides is 1. The normalized spacial score (nSPS) is 18.8. The number of carbonyl (C=O) groups excluding carboxylic acids is 1. The molecule has 3 aromatic rings. The summed E-state index contributed by atoms with van der Waals surface area (Å²) in [5, 5.41) is 0. The maximum absolute atomic E-state index is 13.3. The van der Waals surface area contributed by atoms with Crippen LogP contribution in [0.15, 0.2) is 78.0 Å². The highest BCUT2D eigenvalue weighted by molar-refractivity contribution is 7.90. The number of ether oxygens (including phenoxy) is 2. The number of carbonyl (C=O) groups is 1. The van der Waals surface area contributed by atoms with Crippen LogP contribution in [-0.4, -0.2) is 62.4 Å². The summed E-state index contributed by atoms with van der Waals surface area (Å²) in [6.45, 7) is 4.86. The zero-order valence-corrected chi connectivity index (χ0v) is 22.5. The highest BCUT2D eigenvalue weighted by Crippen LogP contribution is 2.25. The summed E-state index contributed by atoms with van der Waals surface area (Å²) in [6.07, 6.45) is 8.02. The Hall–Kier alpha value is -3.28. The van der Waals surface area contributed by atoms with Crippen molar-refractivity contribution in [2.45, 2.75) is 37.0 Å². The minimum Gasteiger partial charge on any atom is -0.379 e. The van der Waals surface area contributed by atoms with E-state index in [1.165, 1.54) is 30.1 Å². The molecule has 10 heteroatoms. The Morgan fingerprint density at radius 3 is 2.62 bits per heavy atom. The summed E-state index contributed by atoms with van der Waals surface area (Å²) in [4.78, 5) is 19.9. The second kappa shape index (κ2) is 12.7. The lowest BCUT2D eigenvalue weighted by atomic mass is 10.0. The lowest BCUT2D eigenvalue weighted by molar-refractivity contribution is -0.198. The van der Waals surface area contributed by atoms with Gasteiger partial charge in [-0.3, -0.25) is 9.69 Å². The molecule has 2 saturated heterocycles. The topological polar surface area (TPSA) is 99.1 Å². The van der Waals surface area contributed by atoms with E-state index in [1.54, 1.807) is 24.3 Å². The lowest BCUT2D eigenvalue weighted by Gasteiger charge is -2.26. The summed E-state index contributed by atoms with van der Waals surface area (Å²) in [7, 11) is -3.82. The van der Waals surface area contributed by atoms with Crippen molar-refractivity contribution in [3.63, 3.8) is 0 Å². The van der Waals surface area contributed by atoms with Crippen LogP contribution in [0.3, 0.4) is 0 Å². The predicted molar refractivity (Wildman–Crippen MR) is 147 cm³/mol. The van der Waals surface area contributed by atoms with Crippen molar-refractivity contribution in [2.24, 2.45) is 0 Å². The zero-order chi connectivity index (χ0) is 27.1. The molecule has 39 heavy (non-hydrogen) atoms. The number of aromatic nitrogens is 1. The van der Waals surface area contributed by atoms with Gasteiger partial charge in [-0.1, -0.05) is 36.4 Å². The number of hydrogen-bond donors (Lipinski definition) is 1. The van der Waals surface area contributed by atoms with Crippen LogP contribution in [0.25, 0.3) is 17.2 Å². The van der Waals surface area contributed by atoms with E-state index in [9.17, 15) is 13.2 Å². The van der Waals surface area contributed by atoms with Gasteiger partial charge in [0.15, 0.2) is 6.29 Å². The first-order valence-corrected chi connectivity index (χ1v) is 14.6. The quantitative estimate of drug-likeness (QED) is 0.319. The molecular weight excluding hydrogens is 518 g/mol. The number of hydroxylamine groups is 1. The Morgan fingerprint density at radius 2 is 1.85 bits per heavy atom. The van der Waals surface area contributed by atoms with Crippen LogP contribution in [0, 0.1) is 0 Å². The Morgan fingerprint density at radius 1 is 1.03 bits per heavy atom. The molecule has 0 bridgehead atoms. The molecule has 1 N–H and O–H groups in total. The van der Waals surface area contributed by atoms with Crippen molar-refractivity contribution >= 4 is 22.0 Å². The van der Waals surface area contributed by atoms with Gasteiger partial charge in [-0.15, -0.1) is 0 Å². The van der Waals surface area contributed by atoms with E-state index in [1.807, 2.05) is 18.2 Å². The molecule has 5 rings (SSSR count). The van der Waals surface area contributed by atoms with Gasteiger partial charge in [-0.2, -0.15) is 0 Å². The van der Waals surface area contributed by atoms with Crippen LogP contribution in [0.2, 0.25) is 0 Å². The summed E-state index contributed by atoms with van der Waals surface area (Å²) in [6, 6.07) is 16.8. The number of rotatable bonds is 9. The summed E-state index contributed by atoms with van der Waals surface area (Å²) in [5.74, 6) is -0.455. The molecule has 0 saturated carbocycles. The molecule has 3 heterocycles. The minimum absolute atomic E-state index is 0.183. The number of hydrogen-bond acceptors (Lipinski definition) is 7. The van der Waals surface area contributed by atoms with Gasteiger partial charge in [-0.25, -0.2) is 22.7 Å². The van der Waals surface area contributed by atoms with Crippen molar-refractivity contribution in [1.82, 2.24) is 14.4 Å². The third-order valence-corrected chi connectivity index (χ3v) is 8.38. The largest absolute Gasteiger partial charge is 0.379 e. The molecule has 2 fully saturated rings. The number of morpholine rings is 1. The van der Waals surface area contributed by atoms with Crippen molar-refractivity contribution in [3.8, 4) is 11.1 Å². The highest BCUT2D eigenvalue weighted by atomic mass is 32.2. The van der Waals surface area contributed by atoms with Crippen LogP contribution < -0.4 is 5.48 Å². The average molecular weight is 552 g/mol. The fraction of sp³-hybridized carbons (Fsp3) is 0.345. The van der Waals surface area contributed by atoms with E-state index in [2.05, 4.69) is 22.5 Å². The van der Waals surface area contributed by atoms with Crippen LogP contribution >= 0.6 is 0 Å². The zero-order valence-electron chi connectivity index (χ0n) is 21.7. The van der Waals surface area contributed by atoms with E-state index >= 15 is 0 Å². The van der Waals surface area contributed by atoms with Gasteiger partial charge in [0.2, 0.25) is 0 Å². The number of nitrogens with one attached hydrogen (secondary N) is 1. The van der Waals surface area contributed by atoms with Gasteiger partial charge >= 0.3 is 0 Å².